The fraction of sp³-hybridized carbons (Fsp3) is 0.455. The van der Waals surface area contributed by atoms with E-state index in [0.29, 0.717) is 42.7 Å². The van der Waals surface area contributed by atoms with Gasteiger partial charge in [0.05, 0.1) is 11.9 Å². The molecule has 0 unspecified atom stereocenters. The molecule has 3 aromatic rings. The van der Waals surface area contributed by atoms with Gasteiger partial charge in [-0.05, 0) is 80.6 Å². The molecule has 0 aliphatic carbocycles. The maximum absolute atomic E-state index is 14.5. The number of nitrogens with one attached hydrogen (secondary N) is 5. The van der Waals surface area contributed by atoms with E-state index in [4.69, 9.17) is 0 Å². The number of amides is 3. The number of halogens is 4. The van der Waals surface area contributed by atoms with Crippen LogP contribution in [-0.2, 0) is 11.2 Å². The van der Waals surface area contributed by atoms with E-state index in [-0.39, 0.29) is 34.8 Å². The number of hydrogen-bond donors (Lipinski definition) is 5. The monoisotopic (exact) mass is 673 g/mol. The molecule has 0 atom stereocenters. The molecule has 2 aliphatic rings. The predicted octanol–water partition coefficient (Wildman–Crippen LogP) is 3.94. The highest BCUT2D eigenvalue weighted by molar-refractivity contribution is 6.03. The number of piperidine rings is 1. The molecule has 2 saturated heterocycles. The summed E-state index contributed by atoms with van der Waals surface area (Å²) in [7, 11) is 0. The number of carbonyl (C=O) groups is 3. The summed E-state index contributed by atoms with van der Waals surface area (Å²) < 4.78 is 57.5. The molecule has 0 saturated carbocycles. The van der Waals surface area contributed by atoms with Crippen molar-refractivity contribution in [1.82, 2.24) is 30.8 Å². The van der Waals surface area contributed by atoms with E-state index in [1.807, 2.05) is 6.92 Å². The van der Waals surface area contributed by atoms with E-state index >= 15 is 0 Å². The normalized spacial score (nSPS) is 15.6. The standard InChI is InChI=1S/C33H39F4N7O4/c1-2-20-14-22(42-32(47)29-41-17-25(43-29)24-6-7-26(48-33(36)37)28(35)27(24)34)4-5-23(20)31(46)40-11-3-10-39-30(45)21-8-12-44(13-9-21)18-19-15-38-16-19/h4-7,14,17,19,21,33,38H,2-3,8-13,15-16,18H2,1H3,(H,39,45)(H,40,46)(H,41,43)(H,42,47). The van der Waals surface area contributed by atoms with Crippen molar-refractivity contribution in [2.24, 2.45) is 11.8 Å². The first-order valence-electron chi connectivity index (χ1n) is 16.0. The van der Waals surface area contributed by atoms with E-state index in [0.717, 1.165) is 69.8 Å². The molecule has 3 amide bonds. The van der Waals surface area contributed by atoms with Crippen molar-refractivity contribution in [3.05, 3.63) is 65.1 Å². The van der Waals surface area contributed by atoms with Crippen LogP contribution >= 0.6 is 0 Å². The van der Waals surface area contributed by atoms with Crippen LogP contribution in [0.25, 0.3) is 11.3 Å². The minimum atomic E-state index is -3.33. The number of carbonyl (C=O) groups excluding carboxylic acids is 3. The number of likely N-dealkylation sites (tertiary alicyclic amines) is 1. The predicted molar refractivity (Wildman–Crippen MR) is 170 cm³/mol. The summed E-state index contributed by atoms with van der Waals surface area (Å²) in [6.45, 7) is 4.53. The van der Waals surface area contributed by atoms with Crippen molar-refractivity contribution in [3.63, 3.8) is 0 Å². The molecule has 5 N–H and O–H groups in total. The van der Waals surface area contributed by atoms with E-state index in [2.05, 4.69) is 40.9 Å². The zero-order chi connectivity index (χ0) is 34.2. The highest BCUT2D eigenvalue weighted by Crippen LogP contribution is 2.30. The summed E-state index contributed by atoms with van der Waals surface area (Å²) in [4.78, 5) is 47.3. The topological polar surface area (TPSA) is 140 Å². The number of H-pyrrole nitrogens is 1. The average Bonchev–Trinajstić information content (AvgIpc) is 3.55. The molecular formula is C33H39F4N7O4. The van der Waals surface area contributed by atoms with Gasteiger partial charge in [0.15, 0.2) is 17.4 Å². The Kier molecular flexibility index (Phi) is 11.7. The maximum atomic E-state index is 14.5. The van der Waals surface area contributed by atoms with Crippen molar-refractivity contribution < 1.29 is 36.7 Å². The van der Waals surface area contributed by atoms with Gasteiger partial charge in [-0.25, -0.2) is 9.37 Å². The zero-order valence-corrected chi connectivity index (χ0v) is 26.5. The van der Waals surface area contributed by atoms with E-state index in [9.17, 15) is 31.9 Å². The average molecular weight is 674 g/mol. The number of ether oxygens (including phenoxy) is 1. The molecule has 48 heavy (non-hydrogen) atoms. The summed E-state index contributed by atoms with van der Waals surface area (Å²) >= 11 is 0. The number of nitrogens with zero attached hydrogens (tertiary/aromatic N) is 2. The van der Waals surface area contributed by atoms with Gasteiger partial charge in [-0.15, -0.1) is 0 Å². The Balaban J connectivity index is 1.07. The van der Waals surface area contributed by atoms with Crippen molar-refractivity contribution in [1.29, 1.82) is 0 Å². The second-order valence-electron chi connectivity index (χ2n) is 11.9. The number of benzene rings is 2. The molecule has 258 valence electrons. The first-order valence-corrected chi connectivity index (χ1v) is 16.0. The lowest BCUT2D eigenvalue weighted by molar-refractivity contribution is -0.126. The highest BCUT2D eigenvalue weighted by Gasteiger charge is 2.27. The Morgan fingerprint density at radius 1 is 1.02 bits per heavy atom. The summed E-state index contributed by atoms with van der Waals surface area (Å²) in [5.41, 5.74) is 1.12. The van der Waals surface area contributed by atoms with Crippen molar-refractivity contribution >= 4 is 23.4 Å². The molecule has 3 heterocycles. The SMILES string of the molecule is CCc1cc(NC(=O)c2ncc(-c3ccc(OC(F)F)c(F)c3F)[nH]2)ccc1C(=O)NCCCNC(=O)C1CCN(CC2CNC2)CC1. The number of imidazole rings is 1. The molecule has 2 aromatic carbocycles. The summed E-state index contributed by atoms with van der Waals surface area (Å²) in [6.07, 6.45) is 3.91. The van der Waals surface area contributed by atoms with Crippen LogP contribution in [0, 0.1) is 23.5 Å². The Morgan fingerprint density at radius 2 is 1.77 bits per heavy atom. The first kappa shape index (κ1) is 34.8. The second-order valence-corrected chi connectivity index (χ2v) is 11.9. The zero-order valence-electron chi connectivity index (χ0n) is 26.5. The van der Waals surface area contributed by atoms with Gasteiger partial charge in [-0.2, -0.15) is 13.2 Å². The molecule has 0 spiro atoms. The van der Waals surface area contributed by atoms with Crippen LogP contribution in [0.3, 0.4) is 0 Å². The van der Waals surface area contributed by atoms with Gasteiger partial charge in [-0.3, -0.25) is 14.4 Å². The number of hydrogen-bond acceptors (Lipinski definition) is 7. The summed E-state index contributed by atoms with van der Waals surface area (Å²) in [6, 6.07) is 6.68. The van der Waals surface area contributed by atoms with Crippen LogP contribution in [-0.4, -0.2) is 85.0 Å². The second kappa shape index (κ2) is 16.1. The van der Waals surface area contributed by atoms with Crippen LogP contribution in [0.1, 0.15) is 52.7 Å². The molecule has 11 nitrogen and oxygen atoms in total. The molecule has 5 rings (SSSR count). The fourth-order valence-electron chi connectivity index (χ4n) is 5.84. The van der Waals surface area contributed by atoms with Crippen LogP contribution in [0.2, 0.25) is 0 Å². The molecule has 1 aromatic heterocycles. The molecule has 0 bridgehead atoms. The Hall–Kier alpha value is -4.50. The minimum Gasteiger partial charge on any atom is -0.432 e. The largest absolute Gasteiger partial charge is 0.432 e. The number of aryl methyl sites for hydroxylation is 1. The number of aromatic nitrogens is 2. The lowest BCUT2D eigenvalue weighted by atomic mass is 9.94. The number of anilines is 1. The Labute approximate surface area is 275 Å². The number of alkyl halides is 2. The third kappa shape index (κ3) is 8.69. The summed E-state index contributed by atoms with van der Waals surface area (Å²) in [5.74, 6) is -4.35. The van der Waals surface area contributed by atoms with Gasteiger partial charge in [0.25, 0.3) is 11.8 Å². The van der Waals surface area contributed by atoms with Crippen molar-refractivity contribution in [2.75, 3.05) is 51.1 Å². The number of rotatable bonds is 14. The maximum Gasteiger partial charge on any atom is 0.387 e. The van der Waals surface area contributed by atoms with E-state index in [1.54, 1.807) is 18.2 Å². The fourth-order valence-corrected chi connectivity index (χ4v) is 5.84. The lowest BCUT2D eigenvalue weighted by Crippen LogP contribution is -2.50. The minimum absolute atomic E-state index is 0.0266. The van der Waals surface area contributed by atoms with Gasteiger partial charge in [0.1, 0.15) is 0 Å². The molecule has 15 heteroatoms. The number of aromatic amines is 1. The summed E-state index contributed by atoms with van der Waals surface area (Å²) in [5, 5.41) is 11.8. The van der Waals surface area contributed by atoms with Gasteiger partial charge in [0, 0.05) is 55.5 Å². The smallest absolute Gasteiger partial charge is 0.387 e. The Morgan fingerprint density at radius 3 is 2.46 bits per heavy atom. The quantitative estimate of drug-likeness (QED) is 0.129. The van der Waals surface area contributed by atoms with Crippen molar-refractivity contribution in [2.45, 2.75) is 39.2 Å². The van der Waals surface area contributed by atoms with Crippen LogP contribution in [0.5, 0.6) is 5.75 Å². The van der Waals surface area contributed by atoms with Crippen LogP contribution < -0.4 is 26.0 Å². The third-order valence-corrected chi connectivity index (χ3v) is 8.61. The van der Waals surface area contributed by atoms with Gasteiger partial charge < -0.3 is 35.9 Å². The molecule has 2 aliphatic heterocycles. The van der Waals surface area contributed by atoms with Crippen LogP contribution in [0.4, 0.5) is 23.2 Å². The molecule has 2 fully saturated rings. The Bertz CT molecular complexity index is 1610. The van der Waals surface area contributed by atoms with Crippen molar-refractivity contribution in [3.8, 4) is 17.0 Å². The van der Waals surface area contributed by atoms with Crippen LogP contribution in [0.15, 0.2) is 36.5 Å². The third-order valence-electron chi connectivity index (χ3n) is 8.61. The van der Waals surface area contributed by atoms with Gasteiger partial charge in [0.2, 0.25) is 11.7 Å². The van der Waals surface area contributed by atoms with Gasteiger partial charge >= 0.3 is 6.61 Å². The lowest BCUT2D eigenvalue weighted by Gasteiger charge is -2.37. The van der Waals surface area contributed by atoms with Gasteiger partial charge in [-0.1, -0.05) is 6.92 Å². The molecule has 0 radical (unpaired) electrons. The van der Waals surface area contributed by atoms with E-state index < -0.39 is 29.9 Å². The van der Waals surface area contributed by atoms with E-state index in [1.165, 1.54) is 0 Å². The highest BCUT2D eigenvalue weighted by atomic mass is 19.3. The molecular weight excluding hydrogens is 634 g/mol. The first-order chi connectivity index (χ1) is 23.1.